The van der Waals surface area contributed by atoms with Gasteiger partial charge in [0.2, 0.25) is 0 Å². The number of ether oxygens (including phenoxy) is 1. The Labute approximate surface area is 178 Å². The standard InChI is InChI=1S/C19H11Cl2F3N2O2S/c20-12-3-1-11(2-4-12)10-28-17(27)15-9-25-18(26-16(15)19(22,23)24)29-14-7-5-13(21)6-8-14/h1-9H,10H2. The number of benzene rings is 2. The van der Waals surface area contributed by atoms with Gasteiger partial charge in [-0.2, -0.15) is 13.2 Å². The fraction of sp³-hybridized carbons (Fsp3) is 0.105. The van der Waals surface area contributed by atoms with Crippen LogP contribution in [0, 0.1) is 0 Å². The Bertz CT molecular complexity index is 1010. The minimum Gasteiger partial charge on any atom is -0.457 e. The van der Waals surface area contributed by atoms with Crippen molar-refractivity contribution in [2.45, 2.75) is 22.8 Å². The maximum Gasteiger partial charge on any atom is 0.434 e. The minimum atomic E-state index is -4.85. The van der Waals surface area contributed by atoms with Crippen molar-refractivity contribution >= 4 is 40.9 Å². The molecule has 3 aromatic rings. The first kappa shape index (κ1) is 21.4. The summed E-state index contributed by atoms with van der Waals surface area (Å²) in [5, 5.41) is 0.820. The first-order valence-corrected chi connectivity index (χ1v) is 9.59. The third-order valence-corrected chi connectivity index (χ3v) is 4.95. The van der Waals surface area contributed by atoms with Crippen LogP contribution < -0.4 is 0 Å². The van der Waals surface area contributed by atoms with Gasteiger partial charge in [0.05, 0.1) is 0 Å². The molecule has 0 unspecified atom stereocenters. The smallest absolute Gasteiger partial charge is 0.434 e. The molecule has 0 fully saturated rings. The molecule has 0 radical (unpaired) electrons. The predicted octanol–water partition coefficient (Wildman–Crippen LogP) is 6.31. The van der Waals surface area contributed by atoms with E-state index in [-0.39, 0.29) is 11.8 Å². The molecule has 0 saturated carbocycles. The van der Waals surface area contributed by atoms with Gasteiger partial charge in [-0.25, -0.2) is 14.8 Å². The van der Waals surface area contributed by atoms with Crippen molar-refractivity contribution < 1.29 is 22.7 Å². The highest BCUT2D eigenvalue weighted by molar-refractivity contribution is 7.99. The van der Waals surface area contributed by atoms with Crippen molar-refractivity contribution in [3.63, 3.8) is 0 Å². The Hall–Kier alpha value is -2.29. The molecule has 150 valence electrons. The molecule has 0 spiro atoms. The number of hydrogen-bond acceptors (Lipinski definition) is 5. The van der Waals surface area contributed by atoms with E-state index in [0.29, 0.717) is 20.5 Å². The van der Waals surface area contributed by atoms with Crippen molar-refractivity contribution in [3.05, 3.63) is 81.6 Å². The van der Waals surface area contributed by atoms with Crippen LogP contribution in [0.15, 0.2) is 64.8 Å². The van der Waals surface area contributed by atoms with E-state index in [9.17, 15) is 18.0 Å². The number of alkyl halides is 3. The highest BCUT2D eigenvalue weighted by atomic mass is 35.5. The summed E-state index contributed by atoms with van der Waals surface area (Å²) in [6.07, 6.45) is -4.04. The number of carbonyl (C=O) groups is 1. The fourth-order valence-corrected chi connectivity index (χ4v) is 3.17. The van der Waals surface area contributed by atoms with Gasteiger partial charge >= 0.3 is 12.1 Å². The zero-order valence-electron chi connectivity index (χ0n) is 14.4. The third kappa shape index (κ3) is 5.85. The van der Waals surface area contributed by atoms with Gasteiger partial charge in [0, 0.05) is 21.1 Å². The van der Waals surface area contributed by atoms with E-state index in [1.54, 1.807) is 48.5 Å². The molecule has 0 bridgehead atoms. The topological polar surface area (TPSA) is 52.1 Å². The van der Waals surface area contributed by atoms with Crippen molar-refractivity contribution in [1.82, 2.24) is 9.97 Å². The second-order valence-corrected chi connectivity index (χ2v) is 7.58. The first-order chi connectivity index (χ1) is 13.7. The second kappa shape index (κ2) is 9.02. The van der Waals surface area contributed by atoms with Crippen molar-refractivity contribution in [2.24, 2.45) is 0 Å². The number of hydrogen-bond donors (Lipinski definition) is 0. The quantitative estimate of drug-likeness (QED) is 0.331. The molecular weight excluding hydrogens is 448 g/mol. The number of rotatable bonds is 5. The second-order valence-electron chi connectivity index (χ2n) is 5.67. The summed E-state index contributed by atoms with van der Waals surface area (Å²) in [5.74, 6) is -1.17. The van der Waals surface area contributed by atoms with E-state index in [1.807, 2.05) is 0 Å². The van der Waals surface area contributed by atoms with Gasteiger partial charge in [0.15, 0.2) is 10.9 Å². The van der Waals surface area contributed by atoms with Gasteiger partial charge in [-0.3, -0.25) is 0 Å². The highest BCUT2D eigenvalue weighted by Crippen LogP contribution is 2.33. The van der Waals surface area contributed by atoms with Crippen LogP contribution >= 0.6 is 35.0 Å². The van der Waals surface area contributed by atoms with Gasteiger partial charge < -0.3 is 4.74 Å². The maximum absolute atomic E-state index is 13.4. The largest absolute Gasteiger partial charge is 0.457 e. The van der Waals surface area contributed by atoms with Crippen LogP contribution in [-0.2, 0) is 17.5 Å². The molecule has 1 heterocycles. The van der Waals surface area contributed by atoms with Crippen molar-refractivity contribution in [3.8, 4) is 0 Å². The summed E-state index contributed by atoms with van der Waals surface area (Å²) in [6, 6.07) is 12.8. The predicted molar refractivity (Wildman–Crippen MR) is 103 cm³/mol. The van der Waals surface area contributed by atoms with Crippen molar-refractivity contribution in [1.29, 1.82) is 0 Å². The Morgan fingerprint density at radius 1 is 1.00 bits per heavy atom. The molecule has 0 saturated heterocycles. The summed E-state index contributed by atoms with van der Waals surface area (Å²) in [5.41, 5.74) is -1.54. The number of halogens is 5. The van der Waals surface area contributed by atoms with Crippen LogP contribution in [0.5, 0.6) is 0 Å². The maximum atomic E-state index is 13.4. The van der Waals surface area contributed by atoms with E-state index in [0.717, 1.165) is 18.0 Å². The number of nitrogens with zero attached hydrogens (tertiary/aromatic N) is 2. The molecule has 29 heavy (non-hydrogen) atoms. The van der Waals surface area contributed by atoms with Gasteiger partial charge in [0.1, 0.15) is 12.2 Å². The normalized spacial score (nSPS) is 11.3. The van der Waals surface area contributed by atoms with E-state index >= 15 is 0 Å². The van der Waals surface area contributed by atoms with Crippen LogP contribution in [0.3, 0.4) is 0 Å². The molecule has 1 aromatic heterocycles. The fourth-order valence-electron chi connectivity index (χ4n) is 2.20. The Kier molecular flexibility index (Phi) is 6.66. The zero-order chi connectivity index (χ0) is 21.0. The van der Waals surface area contributed by atoms with Gasteiger partial charge in [0.25, 0.3) is 0 Å². The Balaban J connectivity index is 1.80. The molecule has 0 aliphatic carbocycles. The lowest BCUT2D eigenvalue weighted by molar-refractivity contribution is -0.142. The Morgan fingerprint density at radius 3 is 2.17 bits per heavy atom. The highest BCUT2D eigenvalue weighted by Gasteiger charge is 2.38. The lowest BCUT2D eigenvalue weighted by Gasteiger charge is -2.12. The molecule has 0 N–H and O–H groups in total. The van der Waals surface area contributed by atoms with Crippen molar-refractivity contribution in [2.75, 3.05) is 0 Å². The summed E-state index contributed by atoms with van der Waals surface area (Å²) in [6.45, 7) is -0.214. The van der Waals surface area contributed by atoms with E-state index in [2.05, 4.69) is 9.97 Å². The van der Waals surface area contributed by atoms with E-state index in [4.69, 9.17) is 27.9 Å². The van der Waals surface area contributed by atoms with Crippen LogP contribution in [-0.4, -0.2) is 15.9 Å². The van der Waals surface area contributed by atoms with Gasteiger partial charge in [-0.15, -0.1) is 0 Å². The molecule has 0 amide bonds. The molecule has 10 heteroatoms. The lowest BCUT2D eigenvalue weighted by atomic mass is 10.2. The zero-order valence-corrected chi connectivity index (χ0v) is 16.7. The van der Waals surface area contributed by atoms with Crippen LogP contribution in [0.1, 0.15) is 21.6 Å². The minimum absolute atomic E-state index is 0.158. The van der Waals surface area contributed by atoms with Crippen LogP contribution in [0.2, 0.25) is 10.0 Å². The summed E-state index contributed by atoms with van der Waals surface area (Å²) in [4.78, 5) is 20.2. The average Bonchev–Trinajstić information content (AvgIpc) is 2.68. The number of aromatic nitrogens is 2. The van der Waals surface area contributed by atoms with Gasteiger partial charge in [-0.05, 0) is 53.7 Å². The molecule has 0 atom stereocenters. The molecule has 4 nitrogen and oxygen atoms in total. The van der Waals surface area contributed by atoms with Crippen LogP contribution in [0.4, 0.5) is 13.2 Å². The molecule has 2 aromatic carbocycles. The van der Waals surface area contributed by atoms with Crippen LogP contribution in [0.25, 0.3) is 0 Å². The van der Waals surface area contributed by atoms with E-state index < -0.39 is 23.4 Å². The number of esters is 1. The molecule has 0 aliphatic heterocycles. The first-order valence-electron chi connectivity index (χ1n) is 8.01. The monoisotopic (exact) mass is 458 g/mol. The van der Waals surface area contributed by atoms with E-state index in [1.165, 1.54) is 0 Å². The molecule has 3 rings (SSSR count). The lowest BCUT2D eigenvalue weighted by Crippen LogP contribution is -2.18. The third-order valence-electron chi connectivity index (χ3n) is 3.56. The molecular formula is C19H11Cl2F3N2O2S. The van der Waals surface area contributed by atoms with Gasteiger partial charge in [-0.1, -0.05) is 35.3 Å². The average molecular weight is 459 g/mol. The Morgan fingerprint density at radius 2 is 1.59 bits per heavy atom. The molecule has 0 aliphatic rings. The summed E-state index contributed by atoms with van der Waals surface area (Å²) >= 11 is 12.5. The summed E-state index contributed by atoms with van der Waals surface area (Å²) in [7, 11) is 0. The SMILES string of the molecule is O=C(OCc1ccc(Cl)cc1)c1cnc(Sc2ccc(Cl)cc2)nc1C(F)(F)F. The number of carbonyl (C=O) groups excluding carboxylic acids is 1. The summed E-state index contributed by atoms with van der Waals surface area (Å²) < 4.78 is 45.3.